The van der Waals surface area contributed by atoms with Crippen molar-refractivity contribution in [1.29, 1.82) is 0 Å². The Morgan fingerprint density at radius 1 is 1.38 bits per heavy atom. The molecule has 1 aliphatic rings. The van der Waals surface area contributed by atoms with Crippen LogP contribution in [0.5, 0.6) is 0 Å². The lowest BCUT2D eigenvalue weighted by Gasteiger charge is -2.23. The Labute approximate surface area is 97.9 Å². The van der Waals surface area contributed by atoms with Gasteiger partial charge in [0.1, 0.15) is 12.2 Å². The first-order valence-electron chi connectivity index (χ1n) is 6.15. The molecular weight excluding hydrogens is 208 g/mol. The maximum Gasteiger partial charge on any atom is 0.186 e. The van der Waals surface area contributed by atoms with Crippen LogP contribution < -0.4 is 0 Å². The molecule has 0 aromatic rings. The van der Waals surface area contributed by atoms with Crippen molar-refractivity contribution >= 4 is 0 Å². The maximum absolute atomic E-state index is 10.0. The van der Waals surface area contributed by atoms with Gasteiger partial charge in [-0.2, -0.15) is 0 Å². The predicted octanol–water partition coefficient (Wildman–Crippen LogP) is 1.70. The Balaban J connectivity index is 2.54. The summed E-state index contributed by atoms with van der Waals surface area (Å²) in [6.45, 7) is 6.12. The Morgan fingerprint density at radius 2 is 2.06 bits per heavy atom. The molecule has 96 valence electrons. The minimum Gasteiger partial charge on any atom is -0.387 e. The second-order valence-electron chi connectivity index (χ2n) is 4.38. The van der Waals surface area contributed by atoms with Gasteiger partial charge in [-0.3, -0.25) is 0 Å². The molecule has 1 rings (SSSR count). The van der Waals surface area contributed by atoms with Gasteiger partial charge in [-0.05, 0) is 19.8 Å². The first kappa shape index (κ1) is 13.9. The number of aliphatic hydroxyl groups excluding tert-OH is 1. The van der Waals surface area contributed by atoms with Gasteiger partial charge >= 0.3 is 0 Å². The van der Waals surface area contributed by atoms with Crippen molar-refractivity contribution in [3.63, 3.8) is 0 Å². The second-order valence-corrected chi connectivity index (χ2v) is 4.38. The van der Waals surface area contributed by atoms with E-state index < -0.39 is 12.4 Å². The molecular formula is C12H24O4. The summed E-state index contributed by atoms with van der Waals surface area (Å²) in [5.74, 6) is 0. The van der Waals surface area contributed by atoms with Crippen LogP contribution in [0.3, 0.4) is 0 Å². The molecule has 0 aromatic carbocycles. The summed E-state index contributed by atoms with van der Waals surface area (Å²) >= 11 is 0. The summed E-state index contributed by atoms with van der Waals surface area (Å²) < 4.78 is 16.6. The van der Waals surface area contributed by atoms with E-state index >= 15 is 0 Å². The van der Waals surface area contributed by atoms with Crippen LogP contribution in [0.15, 0.2) is 0 Å². The summed E-state index contributed by atoms with van der Waals surface area (Å²) in [5.41, 5.74) is 0. The fourth-order valence-electron chi connectivity index (χ4n) is 2.12. The Bertz CT molecular complexity index is 195. The van der Waals surface area contributed by atoms with Crippen molar-refractivity contribution < 1.29 is 19.3 Å². The Hall–Kier alpha value is -0.160. The highest BCUT2D eigenvalue weighted by Gasteiger charge is 2.44. The van der Waals surface area contributed by atoms with Gasteiger partial charge in [-0.1, -0.05) is 20.3 Å². The van der Waals surface area contributed by atoms with Crippen molar-refractivity contribution in [3.8, 4) is 0 Å². The summed E-state index contributed by atoms with van der Waals surface area (Å²) in [4.78, 5) is 0. The van der Waals surface area contributed by atoms with Gasteiger partial charge in [0.25, 0.3) is 0 Å². The van der Waals surface area contributed by atoms with Crippen LogP contribution in [0, 0.1) is 0 Å². The molecule has 0 bridgehead atoms. The minimum absolute atomic E-state index is 0.126. The van der Waals surface area contributed by atoms with Crippen LogP contribution in [0.2, 0.25) is 0 Å². The smallest absolute Gasteiger partial charge is 0.186 e. The first-order chi connectivity index (χ1) is 7.63. The van der Waals surface area contributed by atoms with E-state index in [-0.39, 0.29) is 18.3 Å². The molecule has 1 saturated heterocycles. The predicted molar refractivity (Wildman–Crippen MR) is 61.2 cm³/mol. The summed E-state index contributed by atoms with van der Waals surface area (Å²) in [6, 6.07) is 0. The average Bonchev–Trinajstić information content (AvgIpc) is 2.56. The quantitative estimate of drug-likeness (QED) is 0.757. The van der Waals surface area contributed by atoms with E-state index in [1.54, 1.807) is 7.11 Å². The molecule has 0 aliphatic carbocycles. The van der Waals surface area contributed by atoms with Crippen LogP contribution in [0.4, 0.5) is 0 Å². The number of ether oxygens (including phenoxy) is 3. The lowest BCUT2D eigenvalue weighted by molar-refractivity contribution is -0.173. The van der Waals surface area contributed by atoms with Crippen molar-refractivity contribution in [1.82, 2.24) is 0 Å². The maximum atomic E-state index is 10.0. The van der Waals surface area contributed by atoms with Gasteiger partial charge in [0, 0.05) is 7.11 Å². The zero-order valence-electron chi connectivity index (χ0n) is 10.7. The van der Waals surface area contributed by atoms with Gasteiger partial charge in [0.05, 0.1) is 12.2 Å². The van der Waals surface area contributed by atoms with Gasteiger partial charge in [0.2, 0.25) is 0 Å². The van der Waals surface area contributed by atoms with Gasteiger partial charge in [-0.15, -0.1) is 0 Å². The second kappa shape index (κ2) is 6.55. The molecule has 1 aliphatic heterocycles. The van der Waals surface area contributed by atoms with Gasteiger partial charge in [-0.25, -0.2) is 0 Å². The molecule has 16 heavy (non-hydrogen) atoms. The lowest BCUT2D eigenvalue weighted by Crippen LogP contribution is -2.38. The number of rotatable bonds is 6. The van der Waals surface area contributed by atoms with Crippen LogP contribution >= 0.6 is 0 Å². The normalized spacial score (nSPS) is 36.6. The third-order valence-corrected chi connectivity index (χ3v) is 3.01. The standard InChI is InChI=1S/C12H24O4/c1-5-7-8(3)15-11-10(13)9(6-2)16-12(11)14-4/h8-13H,5-7H2,1-4H3/t8?,9?,10-,11+,12?/m1/s1. The number of aliphatic hydroxyl groups is 1. The molecule has 5 atom stereocenters. The third-order valence-electron chi connectivity index (χ3n) is 3.01. The molecule has 4 nitrogen and oxygen atoms in total. The van der Waals surface area contributed by atoms with Crippen molar-refractivity contribution in [3.05, 3.63) is 0 Å². The summed E-state index contributed by atoms with van der Waals surface area (Å²) in [5, 5.41) is 10.0. The largest absolute Gasteiger partial charge is 0.387 e. The van der Waals surface area contributed by atoms with E-state index in [9.17, 15) is 5.11 Å². The Kier molecular flexibility index (Phi) is 5.69. The van der Waals surface area contributed by atoms with E-state index in [2.05, 4.69) is 6.92 Å². The monoisotopic (exact) mass is 232 g/mol. The zero-order chi connectivity index (χ0) is 12.1. The molecule has 3 unspecified atom stereocenters. The van der Waals surface area contributed by atoms with E-state index in [1.807, 2.05) is 13.8 Å². The molecule has 0 spiro atoms. The SMILES string of the molecule is CCCC(C)O[C@@H]1C(OC)OC(CC)[C@H]1O. The van der Waals surface area contributed by atoms with Crippen LogP contribution in [-0.4, -0.2) is 42.9 Å². The van der Waals surface area contributed by atoms with Crippen LogP contribution in [0.25, 0.3) is 0 Å². The molecule has 0 radical (unpaired) electrons. The molecule has 1 heterocycles. The summed E-state index contributed by atoms with van der Waals surface area (Å²) in [7, 11) is 1.58. The zero-order valence-corrected chi connectivity index (χ0v) is 10.7. The van der Waals surface area contributed by atoms with E-state index in [0.717, 1.165) is 19.3 Å². The van der Waals surface area contributed by atoms with Crippen LogP contribution in [-0.2, 0) is 14.2 Å². The molecule has 1 fully saturated rings. The molecule has 1 N–H and O–H groups in total. The van der Waals surface area contributed by atoms with Crippen molar-refractivity contribution in [2.45, 2.75) is 70.7 Å². The number of hydrogen-bond donors (Lipinski definition) is 1. The lowest BCUT2D eigenvalue weighted by atomic mass is 10.1. The van der Waals surface area contributed by atoms with Gasteiger partial charge < -0.3 is 19.3 Å². The number of hydrogen-bond acceptors (Lipinski definition) is 4. The first-order valence-corrected chi connectivity index (χ1v) is 6.15. The summed E-state index contributed by atoms with van der Waals surface area (Å²) in [6.07, 6.45) is 1.37. The highest BCUT2D eigenvalue weighted by Crippen LogP contribution is 2.27. The van der Waals surface area contributed by atoms with Crippen molar-refractivity contribution in [2.75, 3.05) is 7.11 Å². The minimum atomic E-state index is -0.589. The topological polar surface area (TPSA) is 47.9 Å². The van der Waals surface area contributed by atoms with E-state index in [0.29, 0.717) is 0 Å². The van der Waals surface area contributed by atoms with Crippen molar-refractivity contribution in [2.24, 2.45) is 0 Å². The molecule has 0 amide bonds. The van der Waals surface area contributed by atoms with Crippen LogP contribution in [0.1, 0.15) is 40.0 Å². The Morgan fingerprint density at radius 3 is 2.56 bits per heavy atom. The highest BCUT2D eigenvalue weighted by molar-refractivity contribution is 4.87. The third kappa shape index (κ3) is 3.17. The molecule has 0 saturated carbocycles. The van der Waals surface area contributed by atoms with Gasteiger partial charge in [0.15, 0.2) is 6.29 Å². The molecule has 4 heteroatoms. The fourth-order valence-corrected chi connectivity index (χ4v) is 2.12. The molecule has 0 aromatic heterocycles. The highest BCUT2D eigenvalue weighted by atomic mass is 16.7. The average molecular weight is 232 g/mol. The number of methoxy groups -OCH3 is 1. The fraction of sp³-hybridized carbons (Fsp3) is 1.00. The van der Waals surface area contributed by atoms with E-state index in [1.165, 1.54) is 0 Å². The van der Waals surface area contributed by atoms with E-state index in [4.69, 9.17) is 14.2 Å².